The van der Waals surface area contributed by atoms with Gasteiger partial charge in [0.25, 0.3) is 0 Å². The van der Waals surface area contributed by atoms with Gasteiger partial charge in [-0.15, -0.1) is 0 Å². The van der Waals surface area contributed by atoms with Crippen molar-refractivity contribution in [1.82, 2.24) is 0 Å². The third-order valence-corrected chi connectivity index (χ3v) is 1.93. The summed E-state index contributed by atoms with van der Waals surface area (Å²) in [6.07, 6.45) is -0.0573. The first-order valence-corrected chi connectivity index (χ1v) is 4.88. The summed E-state index contributed by atoms with van der Waals surface area (Å²) in [4.78, 5) is 22.3. The van der Waals surface area contributed by atoms with E-state index in [0.29, 0.717) is 11.3 Å². The molecule has 0 aliphatic heterocycles. The van der Waals surface area contributed by atoms with Crippen molar-refractivity contribution in [3.05, 3.63) is 29.8 Å². The van der Waals surface area contributed by atoms with Crippen LogP contribution in [-0.2, 0) is 9.53 Å². The second-order valence-corrected chi connectivity index (χ2v) is 3.38. The minimum Gasteiger partial charge on any atom is -0.468 e. The highest BCUT2D eigenvalue weighted by Crippen LogP contribution is 2.13. The van der Waals surface area contributed by atoms with E-state index in [9.17, 15) is 9.59 Å². The standard InChI is InChI=1S/C12H14O4/c1-9(13)7-12(14)10-3-5-11(6-4-10)16-8-15-2/h3-6H,7-8H2,1-2H3. The Kier molecular flexibility index (Phi) is 4.66. The van der Waals surface area contributed by atoms with Crippen LogP contribution in [0.3, 0.4) is 0 Å². The third kappa shape index (κ3) is 3.82. The average molecular weight is 222 g/mol. The van der Waals surface area contributed by atoms with Gasteiger partial charge in [0.2, 0.25) is 0 Å². The third-order valence-electron chi connectivity index (χ3n) is 1.93. The maximum Gasteiger partial charge on any atom is 0.188 e. The molecule has 0 saturated carbocycles. The van der Waals surface area contributed by atoms with Gasteiger partial charge in [-0.2, -0.15) is 0 Å². The molecule has 0 amide bonds. The van der Waals surface area contributed by atoms with Crippen molar-refractivity contribution in [3.8, 4) is 5.75 Å². The van der Waals surface area contributed by atoms with Crippen LogP contribution in [0, 0.1) is 0 Å². The molecule has 1 aromatic carbocycles. The fraction of sp³-hybridized carbons (Fsp3) is 0.333. The normalized spacial score (nSPS) is 9.88. The second-order valence-electron chi connectivity index (χ2n) is 3.38. The largest absolute Gasteiger partial charge is 0.468 e. The van der Waals surface area contributed by atoms with Gasteiger partial charge in [0.1, 0.15) is 11.5 Å². The molecule has 0 saturated heterocycles. The van der Waals surface area contributed by atoms with Crippen LogP contribution >= 0.6 is 0 Å². The van der Waals surface area contributed by atoms with Crippen LogP contribution in [0.1, 0.15) is 23.7 Å². The van der Waals surface area contributed by atoms with E-state index in [2.05, 4.69) is 0 Å². The maximum atomic E-state index is 11.5. The van der Waals surface area contributed by atoms with E-state index < -0.39 is 0 Å². The summed E-state index contributed by atoms with van der Waals surface area (Å²) in [5.41, 5.74) is 0.514. The first kappa shape index (κ1) is 12.4. The Morgan fingerprint density at radius 3 is 2.31 bits per heavy atom. The first-order valence-electron chi connectivity index (χ1n) is 4.88. The number of carbonyl (C=O) groups excluding carboxylic acids is 2. The summed E-state index contributed by atoms with van der Waals surface area (Å²) in [7, 11) is 1.53. The van der Waals surface area contributed by atoms with Gasteiger partial charge in [0, 0.05) is 12.7 Å². The molecule has 16 heavy (non-hydrogen) atoms. The van der Waals surface area contributed by atoms with Crippen LogP contribution in [0.4, 0.5) is 0 Å². The molecule has 4 heteroatoms. The highest BCUT2D eigenvalue weighted by Gasteiger charge is 2.08. The topological polar surface area (TPSA) is 52.6 Å². The quantitative estimate of drug-likeness (QED) is 0.418. The highest BCUT2D eigenvalue weighted by atomic mass is 16.7. The number of carbonyl (C=O) groups is 2. The Bertz CT molecular complexity index is 367. The van der Waals surface area contributed by atoms with Gasteiger partial charge in [-0.25, -0.2) is 0 Å². The summed E-state index contributed by atoms with van der Waals surface area (Å²) in [5.74, 6) is 0.316. The zero-order chi connectivity index (χ0) is 12.0. The molecule has 86 valence electrons. The number of rotatable bonds is 6. The number of benzene rings is 1. The number of hydrogen-bond acceptors (Lipinski definition) is 4. The zero-order valence-electron chi connectivity index (χ0n) is 9.36. The first-order chi connectivity index (χ1) is 7.63. The van der Waals surface area contributed by atoms with E-state index in [0.717, 1.165) is 0 Å². The molecule has 0 fully saturated rings. The van der Waals surface area contributed by atoms with Gasteiger partial charge < -0.3 is 9.47 Å². The zero-order valence-corrected chi connectivity index (χ0v) is 9.36. The van der Waals surface area contributed by atoms with E-state index in [4.69, 9.17) is 9.47 Å². The number of ketones is 2. The van der Waals surface area contributed by atoms with Gasteiger partial charge in [-0.1, -0.05) is 0 Å². The van der Waals surface area contributed by atoms with Gasteiger partial charge in [0.15, 0.2) is 12.6 Å². The molecule has 0 radical (unpaired) electrons. The molecule has 0 unspecified atom stereocenters. The van der Waals surface area contributed by atoms with E-state index in [1.54, 1.807) is 24.3 Å². The van der Waals surface area contributed by atoms with Crippen molar-refractivity contribution in [1.29, 1.82) is 0 Å². The smallest absolute Gasteiger partial charge is 0.188 e. The van der Waals surface area contributed by atoms with Crippen molar-refractivity contribution in [2.75, 3.05) is 13.9 Å². The number of ether oxygens (including phenoxy) is 2. The lowest BCUT2D eigenvalue weighted by Crippen LogP contribution is -2.05. The molecule has 0 heterocycles. The van der Waals surface area contributed by atoms with Gasteiger partial charge >= 0.3 is 0 Å². The molecule has 0 aromatic heterocycles. The Morgan fingerprint density at radius 2 is 1.81 bits per heavy atom. The number of hydrogen-bond donors (Lipinski definition) is 0. The predicted molar refractivity (Wildman–Crippen MR) is 58.6 cm³/mol. The molecule has 0 aliphatic carbocycles. The van der Waals surface area contributed by atoms with Crippen molar-refractivity contribution < 1.29 is 19.1 Å². The van der Waals surface area contributed by atoms with Crippen molar-refractivity contribution in [3.63, 3.8) is 0 Å². The van der Waals surface area contributed by atoms with Crippen LogP contribution in [0.15, 0.2) is 24.3 Å². The summed E-state index contributed by atoms with van der Waals surface area (Å²) in [6, 6.07) is 6.62. The molecule has 0 spiro atoms. The van der Waals surface area contributed by atoms with E-state index in [1.165, 1.54) is 14.0 Å². The molecule has 1 rings (SSSR count). The fourth-order valence-electron chi connectivity index (χ4n) is 1.19. The van der Waals surface area contributed by atoms with Crippen molar-refractivity contribution >= 4 is 11.6 Å². The molecular weight excluding hydrogens is 208 g/mol. The number of methoxy groups -OCH3 is 1. The Hall–Kier alpha value is -1.68. The summed E-state index contributed by atoms with van der Waals surface area (Å²) < 4.78 is 9.91. The van der Waals surface area contributed by atoms with Crippen molar-refractivity contribution in [2.45, 2.75) is 13.3 Å². The summed E-state index contributed by atoms with van der Waals surface area (Å²) in [5, 5.41) is 0. The lowest BCUT2D eigenvalue weighted by atomic mass is 10.1. The summed E-state index contributed by atoms with van der Waals surface area (Å²) >= 11 is 0. The average Bonchev–Trinajstić information content (AvgIpc) is 2.26. The molecule has 0 aliphatic rings. The van der Waals surface area contributed by atoms with Crippen LogP contribution in [0.25, 0.3) is 0 Å². The van der Waals surface area contributed by atoms with Gasteiger partial charge in [-0.3, -0.25) is 9.59 Å². The molecule has 0 bridgehead atoms. The molecule has 1 aromatic rings. The monoisotopic (exact) mass is 222 g/mol. The van der Waals surface area contributed by atoms with Gasteiger partial charge in [0.05, 0.1) is 6.42 Å². The fourth-order valence-corrected chi connectivity index (χ4v) is 1.19. The van der Waals surface area contributed by atoms with E-state index >= 15 is 0 Å². The SMILES string of the molecule is COCOc1ccc(C(=O)CC(C)=O)cc1. The molecule has 0 N–H and O–H groups in total. The Morgan fingerprint density at radius 1 is 1.19 bits per heavy atom. The highest BCUT2D eigenvalue weighted by molar-refractivity contribution is 6.07. The van der Waals surface area contributed by atoms with Gasteiger partial charge in [-0.05, 0) is 31.2 Å². The maximum absolute atomic E-state index is 11.5. The predicted octanol–water partition coefficient (Wildman–Crippen LogP) is 1.83. The minimum atomic E-state index is -0.175. The van der Waals surface area contributed by atoms with Crippen LogP contribution in [0.2, 0.25) is 0 Å². The van der Waals surface area contributed by atoms with E-state index in [1.807, 2.05) is 0 Å². The Labute approximate surface area is 94.2 Å². The molecule has 0 atom stereocenters. The van der Waals surface area contributed by atoms with Crippen LogP contribution in [0.5, 0.6) is 5.75 Å². The number of Topliss-reactive ketones (excluding diaryl/α,β-unsaturated/α-hetero) is 2. The van der Waals surface area contributed by atoms with Crippen molar-refractivity contribution in [2.24, 2.45) is 0 Å². The van der Waals surface area contributed by atoms with Crippen LogP contribution < -0.4 is 4.74 Å². The summed E-state index contributed by atoms with van der Waals surface area (Å²) in [6.45, 7) is 1.56. The lowest BCUT2D eigenvalue weighted by Gasteiger charge is -2.04. The molecule has 4 nitrogen and oxygen atoms in total. The minimum absolute atomic E-state index is 0.0573. The molecular formula is C12H14O4. The lowest BCUT2D eigenvalue weighted by molar-refractivity contribution is -0.116. The Balaban J connectivity index is 2.63. The second kappa shape index (κ2) is 6.02. The van der Waals surface area contributed by atoms with E-state index in [-0.39, 0.29) is 24.8 Å². The van der Waals surface area contributed by atoms with Crippen LogP contribution in [-0.4, -0.2) is 25.5 Å².